The van der Waals surface area contributed by atoms with E-state index in [4.69, 9.17) is 21.3 Å². The highest BCUT2D eigenvalue weighted by atomic mass is 35.5. The Kier molecular flexibility index (Phi) is 5.12. The van der Waals surface area contributed by atoms with E-state index in [1.54, 1.807) is 0 Å². The molecule has 1 heterocycles. The largest absolute Gasteiger partial charge is 0.492 e. The molecule has 0 fully saturated rings. The van der Waals surface area contributed by atoms with Crippen LogP contribution in [0.5, 0.6) is 5.75 Å². The summed E-state index contributed by atoms with van der Waals surface area (Å²) in [5, 5.41) is -0.138. The van der Waals surface area contributed by atoms with E-state index in [0.717, 1.165) is 29.2 Å². The number of benzene rings is 1. The van der Waals surface area contributed by atoms with Crippen molar-refractivity contribution in [3.05, 3.63) is 24.0 Å². The van der Waals surface area contributed by atoms with E-state index < -0.39 is 0 Å². The highest BCUT2D eigenvalue weighted by molar-refractivity contribution is 6.20. The van der Waals surface area contributed by atoms with Gasteiger partial charge in [-0.05, 0) is 47.0 Å². The number of likely N-dealkylation sites (N-methyl/N-ethyl adjacent to an activating group) is 1. The number of ether oxygens (including phenoxy) is 1. The maximum Gasteiger partial charge on any atom is 0.147 e. The Hall–Kier alpha value is -1.26. The highest BCUT2D eigenvalue weighted by Crippen LogP contribution is 2.30. The predicted octanol–water partition coefficient (Wildman–Crippen LogP) is 3.68. The van der Waals surface area contributed by atoms with Crippen molar-refractivity contribution in [3.63, 3.8) is 0 Å². The summed E-state index contributed by atoms with van der Waals surface area (Å²) in [5.41, 5.74) is 1.98. The second-order valence-electron chi connectivity index (χ2n) is 5.57. The summed E-state index contributed by atoms with van der Waals surface area (Å²) in [6.07, 6.45) is 0. The van der Waals surface area contributed by atoms with Crippen LogP contribution in [0.15, 0.2) is 18.2 Å². The third-order valence-electron chi connectivity index (χ3n) is 3.76. The molecule has 4 nitrogen and oxygen atoms in total. The fourth-order valence-electron chi connectivity index (χ4n) is 2.33. The van der Waals surface area contributed by atoms with Gasteiger partial charge in [0.2, 0.25) is 0 Å². The summed E-state index contributed by atoms with van der Waals surface area (Å²) < 4.78 is 7.90. The van der Waals surface area contributed by atoms with E-state index in [9.17, 15) is 0 Å². The first-order valence-corrected chi connectivity index (χ1v) is 7.81. The van der Waals surface area contributed by atoms with E-state index in [0.29, 0.717) is 12.6 Å². The van der Waals surface area contributed by atoms with Crippen LogP contribution in [0.1, 0.15) is 32.0 Å². The highest BCUT2D eigenvalue weighted by Gasteiger charge is 2.19. The number of fused-ring (bicyclic) bond motifs is 1. The molecule has 1 aromatic heterocycles. The normalized spacial score (nSPS) is 14.6. The smallest absolute Gasteiger partial charge is 0.147 e. The van der Waals surface area contributed by atoms with Gasteiger partial charge in [-0.25, -0.2) is 4.98 Å². The Morgan fingerprint density at radius 1 is 1.33 bits per heavy atom. The second kappa shape index (κ2) is 6.67. The number of hydrogen-bond donors (Lipinski definition) is 0. The molecule has 0 radical (unpaired) electrons. The Bertz CT molecular complexity index is 607. The maximum absolute atomic E-state index is 6.33. The molecule has 2 aromatic rings. The predicted molar refractivity (Wildman–Crippen MR) is 88.3 cm³/mol. The molecule has 2 atom stereocenters. The topological polar surface area (TPSA) is 30.3 Å². The number of halogens is 1. The first kappa shape index (κ1) is 16.1. The number of hydrogen-bond acceptors (Lipinski definition) is 3. The molecule has 5 heteroatoms. The molecule has 0 aliphatic carbocycles. The lowest BCUT2D eigenvalue weighted by atomic mass is 10.2. The van der Waals surface area contributed by atoms with Gasteiger partial charge >= 0.3 is 0 Å². The van der Waals surface area contributed by atoms with Crippen LogP contribution in [0.25, 0.3) is 11.0 Å². The van der Waals surface area contributed by atoms with Crippen molar-refractivity contribution in [2.24, 2.45) is 0 Å². The zero-order valence-electron chi connectivity index (χ0n) is 13.4. The number of rotatable bonds is 6. The molecule has 2 rings (SSSR count). The Balaban J connectivity index is 2.55. The van der Waals surface area contributed by atoms with Gasteiger partial charge in [-0.2, -0.15) is 0 Å². The monoisotopic (exact) mass is 309 g/mol. The minimum absolute atomic E-state index is 0.138. The van der Waals surface area contributed by atoms with Crippen molar-refractivity contribution in [2.75, 3.05) is 20.7 Å². The summed E-state index contributed by atoms with van der Waals surface area (Å²) in [7, 11) is 4.17. The van der Waals surface area contributed by atoms with Crippen LogP contribution in [-0.4, -0.2) is 41.2 Å². The van der Waals surface area contributed by atoms with E-state index in [-0.39, 0.29) is 5.38 Å². The molecule has 0 aliphatic heterocycles. The number of nitrogens with zero attached hydrogens (tertiary/aromatic N) is 3. The molecule has 21 heavy (non-hydrogen) atoms. The number of aromatic nitrogens is 2. The summed E-state index contributed by atoms with van der Waals surface area (Å²) >= 11 is 6.33. The van der Waals surface area contributed by atoms with Gasteiger partial charge in [-0.3, -0.25) is 0 Å². The lowest BCUT2D eigenvalue weighted by Crippen LogP contribution is -2.29. The zero-order valence-corrected chi connectivity index (χ0v) is 14.2. The molecule has 0 spiro atoms. The third-order valence-corrected chi connectivity index (χ3v) is 3.95. The molecule has 0 N–H and O–H groups in total. The first-order valence-electron chi connectivity index (χ1n) is 7.38. The van der Waals surface area contributed by atoms with Gasteiger partial charge in [0.05, 0.1) is 17.5 Å². The minimum Gasteiger partial charge on any atom is -0.492 e. The van der Waals surface area contributed by atoms with E-state index in [1.165, 1.54) is 0 Å². The number of para-hydroxylation sites is 1. The average Bonchev–Trinajstić information content (AvgIpc) is 2.79. The molecule has 1 aromatic carbocycles. The van der Waals surface area contributed by atoms with Crippen LogP contribution in [-0.2, 0) is 6.54 Å². The standard InChI is InChI=1S/C16H24ClN3O/c1-6-21-14-9-7-8-13-15(14)18-16(12(3)17)20(13)10-11(2)19(4)5/h7-9,11-12H,6,10H2,1-5H3. The van der Waals surface area contributed by atoms with Crippen LogP contribution in [0, 0.1) is 0 Å². The van der Waals surface area contributed by atoms with Crippen molar-refractivity contribution >= 4 is 22.6 Å². The molecule has 0 saturated heterocycles. The van der Waals surface area contributed by atoms with E-state index in [1.807, 2.05) is 26.0 Å². The molecule has 0 amide bonds. The summed E-state index contributed by atoms with van der Waals surface area (Å²) in [5.74, 6) is 1.72. The minimum atomic E-state index is -0.138. The summed E-state index contributed by atoms with van der Waals surface area (Å²) in [6.45, 7) is 7.62. The van der Waals surface area contributed by atoms with Crippen LogP contribution in [0.4, 0.5) is 0 Å². The van der Waals surface area contributed by atoms with Gasteiger partial charge in [0.1, 0.15) is 17.1 Å². The van der Waals surface area contributed by atoms with Crippen molar-refractivity contribution in [3.8, 4) is 5.75 Å². The second-order valence-corrected chi connectivity index (χ2v) is 6.22. The summed E-state index contributed by atoms with van der Waals surface area (Å²) in [6, 6.07) is 6.44. The molecule has 2 unspecified atom stereocenters. The number of imidazole rings is 1. The molecular formula is C16H24ClN3O. The van der Waals surface area contributed by atoms with Crippen LogP contribution in [0.2, 0.25) is 0 Å². The van der Waals surface area contributed by atoms with Crippen LogP contribution < -0.4 is 4.74 Å². The maximum atomic E-state index is 6.33. The van der Waals surface area contributed by atoms with Gasteiger partial charge in [-0.15, -0.1) is 11.6 Å². The molecule has 116 valence electrons. The lowest BCUT2D eigenvalue weighted by molar-refractivity contribution is 0.284. The third kappa shape index (κ3) is 3.33. The number of alkyl halides is 1. The van der Waals surface area contributed by atoms with Gasteiger partial charge in [0.25, 0.3) is 0 Å². The van der Waals surface area contributed by atoms with Gasteiger partial charge in [0, 0.05) is 12.6 Å². The summed E-state index contributed by atoms with van der Waals surface area (Å²) in [4.78, 5) is 6.93. The van der Waals surface area contributed by atoms with Gasteiger partial charge in [0.15, 0.2) is 0 Å². The van der Waals surface area contributed by atoms with Crippen LogP contribution in [0.3, 0.4) is 0 Å². The van der Waals surface area contributed by atoms with Gasteiger partial charge < -0.3 is 14.2 Å². The fourth-order valence-corrected chi connectivity index (χ4v) is 2.50. The van der Waals surface area contributed by atoms with Crippen molar-refractivity contribution in [1.82, 2.24) is 14.5 Å². The van der Waals surface area contributed by atoms with E-state index in [2.05, 4.69) is 36.6 Å². The van der Waals surface area contributed by atoms with Gasteiger partial charge in [-0.1, -0.05) is 6.07 Å². The van der Waals surface area contributed by atoms with E-state index >= 15 is 0 Å². The SMILES string of the molecule is CCOc1cccc2c1nc(C(C)Cl)n2CC(C)N(C)C. The Morgan fingerprint density at radius 3 is 2.62 bits per heavy atom. The first-order chi connectivity index (χ1) is 9.95. The molecule has 0 saturated carbocycles. The quantitative estimate of drug-likeness (QED) is 0.762. The molecular weight excluding hydrogens is 286 g/mol. The molecule has 0 aliphatic rings. The van der Waals surface area contributed by atoms with Crippen molar-refractivity contribution in [1.29, 1.82) is 0 Å². The lowest BCUT2D eigenvalue weighted by Gasteiger charge is -2.22. The van der Waals surface area contributed by atoms with Crippen molar-refractivity contribution < 1.29 is 4.74 Å². The van der Waals surface area contributed by atoms with Crippen LogP contribution >= 0.6 is 11.6 Å². The average molecular weight is 310 g/mol. The Morgan fingerprint density at radius 2 is 2.05 bits per heavy atom. The molecule has 0 bridgehead atoms. The Labute approximate surface area is 131 Å². The fraction of sp³-hybridized carbons (Fsp3) is 0.562. The zero-order chi connectivity index (χ0) is 15.6. The van der Waals surface area contributed by atoms with Crippen molar-refractivity contribution in [2.45, 2.75) is 38.7 Å².